The number of aryl methyl sites for hydroxylation is 2. The molecule has 0 saturated heterocycles. The normalized spacial score (nSPS) is 11.5. The summed E-state index contributed by atoms with van der Waals surface area (Å²) >= 11 is 0. The van der Waals surface area contributed by atoms with E-state index in [1.165, 1.54) is 0 Å². The molecule has 0 spiro atoms. The van der Waals surface area contributed by atoms with E-state index < -0.39 is 5.69 Å². The molecule has 3 rings (SSSR count). The third kappa shape index (κ3) is 4.66. The summed E-state index contributed by atoms with van der Waals surface area (Å²) in [6.45, 7) is 10.3. The van der Waals surface area contributed by atoms with Gasteiger partial charge in [-0.05, 0) is 49.4 Å². The highest BCUT2D eigenvalue weighted by molar-refractivity contribution is 5.77. The van der Waals surface area contributed by atoms with Gasteiger partial charge in [0.15, 0.2) is 11.2 Å². The maximum absolute atomic E-state index is 12.6. The lowest BCUT2D eigenvalue weighted by molar-refractivity contribution is 0.289. The molecule has 1 aromatic carbocycles. The highest BCUT2D eigenvalue weighted by Gasteiger charge is 2.19. The number of benzene rings is 1. The summed E-state index contributed by atoms with van der Waals surface area (Å²) in [5, 5.41) is 0. The number of imidazole rings is 1. The number of aromatic nitrogens is 4. The van der Waals surface area contributed by atoms with Gasteiger partial charge in [0.1, 0.15) is 11.6 Å². The van der Waals surface area contributed by atoms with Gasteiger partial charge >= 0.3 is 5.69 Å². The Morgan fingerprint density at radius 3 is 2.40 bits per heavy atom. The molecular weight excluding hydrogens is 380 g/mol. The fourth-order valence-electron chi connectivity index (χ4n) is 3.47. The molecule has 2 aromatic heterocycles. The summed E-state index contributed by atoms with van der Waals surface area (Å²) < 4.78 is 9.32. The number of rotatable bonds is 10. The van der Waals surface area contributed by atoms with E-state index >= 15 is 0 Å². The molecule has 7 nitrogen and oxygen atoms in total. The standard InChI is InChI=1S/C23H32N4O3/c1-5-7-14-27-21-19(22(28)25-23(27)29)26(13-6-2)20(24-21)17-8-10-18(11-9-17)30-15-12-16(3)4/h8-11,16H,5-7,12-15H2,1-4H3,(H,25,28,29). The minimum atomic E-state index is -0.400. The number of fused-ring (bicyclic) bond motifs is 1. The monoisotopic (exact) mass is 412 g/mol. The Balaban J connectivity index is 2.04. The number of nitrogens with zero attached hydrogens (tertiary/aromatic N) is 3. The zero-order valence-corrected chi connectivity index (χ0v) is 18.4. The van der Waals surface area contributed by atoms with Gasteiger partial charge in [-0.15, -0.1) is 0 Å². The van der Waals surface area contributed by atoms with Crippen LogP contribution in [0.1, 0.15) is 53.4 Å². The van der Waals surface area contributed by atoms with Crippen LogP contribution in [0.25, 0.3) is 22.6 Å². The quantitative estimate of drug-likeness (QED) is 0.541. The van der Waals surface area contributed by atoms with Crippen LogP contribution in [-0.4, -0.2) is 25.7 Å². The predicted molar refractivity (Wildman–Crippen MR) is 120 cm³/mol. The Labute approximate surface area is 176 Å². The average molecular weight is 413 g/mol. The lowest BCUT2D eigenvalue weighted by Gasteiger charge is -2.10. The number of H-pyrrole nitrogens is 1. The zero-order chi connectivity index (χ0) is 21.7. The van der Waals surface area contributed by atoms with Crippen molar-refractivity contribution in [2.24, 2.45) is 5.92 Å². The van der Waals surface area contributed by atoms with E-state index in [-0.39, 0.29) is 5.56 Å². The molecule has 0 saturated carbocycles. The van der Waals surface area contributed by atoms with Gasteiger partial charge in [-0.25, -0.2) is 9.78 Å². The van der Waals surface area contributed by atoms with Gasteiger partial charge in [-0.3, -0.25) is 14.3 Å². The largest absolute Gasteiger partial charge is 0.494 e. The fourth-order valence-corrected chi connectivity index (χ4v) is 3.47. The number of ether oxygens (including phenoxy) is 1. The Morgan fingerprint density at radius 1 is 1.03 bits per heavy atom. The van der Waals surface area contributed by atoms with Gasteiger partial charge in [0, 0.05) is 18.7 Å². The summed E-state index contributed by atoms with van der Waals surface area (Å²) in [7, 11) is 0. The van der Waals surface area contributed by atoms with E-state index in [1.54, 1.807) is 4.57 Å². The minimum absolute atomic E-state index is 0.386. The summed E-state index contributed by atoms with van der Waals surface area (Å²) in [5.41, 5.74) is 1.02. The van der Waals surface area contributed by atoms with E-state index in [0.717, 1.165) is 37.0 Å². The molecular formula is C23H32N4O3. The van der Waals surface area contributed by atoms with E-state index in [4.69, 9.17) is 9.72 Å². The predicted octanol–water partition coefficient (Wildman–Crippen LogP) is 4.19. The molecule has 1 N–H and O–H groups in total. The van der Waals surface area contributed by atoms with Crippen molar-refractivity contribution in [3.8, 4) is 17.1 Å². The molecule has 0 bridgehead atoms. The van der Waals surface area contributed by atoms with E-state index in [1.807, 2.05) is 28.8 Å². The summed E-state index contributed by atoms with van der Waals surface area (Å²) in [6, 6.07) is 7.78. The van der Waals surface area contributed by atoms with Crippen molar-refractivity contribution in [3.05, 3.63) is 45.1 Å². The van der Waals surface area contributed by atoms with Gasteiger partial charge in [0.2, 0.25) is 0 Å². The Hall–Kier alpha value is -2.83. The second-order valence-electron chi connectivity index (χ2n) is 8.08. The lowest BCUT2D eigenvalue weighted by Crippen LogP contribution is -2.31. The van der Waals surface area contributed by atoms with Crippen LogP contribution >= 0.6 is 0 Å². The summed E-state index contributed by atoms with van der Waals surface area (Å²) in [5.74, 6) is 2.11. The molecule has 0 aliphatic rings. The van der Waals surface area contributed by atoms with Crippen LogP contribution in [0.2, 0.25) is 0 Å². The number of hydrogen-bond donors (Lipinski definition) is 1. The molecule has 2 heterocycles. The van der Waals surface area contributed by atoms with Crippen LogP contribution in [0.5, 0.6) is 5.75 Å². The van der Waals surface area contributed by atoms with E-state index in [0.29, 0.717) is 42.6 Å². The fraction of sp³-hybridized carbons (Fsp3) is 0.522. The maximum Gasteiger partial charge on any atom is 0.330 e. The molecule has 0 atom stereocenters. The van der Waals surface area contributed by atoms with Crippen molar-refractivity contribution >= 4 is 11.2 Å². The molecule has 7 heteroatoms. The Kier molecular flexibility index (Phi) is 7.13. The number of nitrogens with one attached hydrogen (secondary N) is 1. The molecule has 0 amide bonds. The molecule has 0 unspecified atom stereocenters. The molecule has 0 aliphatic heterocycles. The van der Waals surface area contributed by atoms with Crippen molar-refractivity contribution in [1.29, 1.82) is 0 Å². The number of hydrogen-bond acceptors (Lipinski definition) is 4. The van der Waals surface area contributed by atoms with Crippen LogP contribution in [0.3, 0.4) is 0 Å². The number of aromatic amines is 1. The third-order valence-corrected chi connectivity index (χ3v) is 5.14. The van der Waals surface area contributed by atoms with Crippen LogP contribution in [0.15, 0.2) is 33.9 Å². The molecule has 0 fully saturated rings. The average Bonchev–Trinajstić information content (AvgIpc) is 3.08. The first-order valence-corrected chi connectivity index (χ1v) is 10.9. The lowest BCUT2D eigenvalue weighted by atomic mass is 10.1. The van der Waals surface area contributed by atoms with Crippen LogP contribution < -0.4 is 16.0 Å². The Morgan fingerprint density at radius 2 is 1.77 bits per heavy atom. The molecule has 0 radical (unpaired) electrons. The molecule has 162 valence electrons. The Bertz CT molecular complexity index is 1090. The van der Waals surface area contributed by atoms with Crippen molar-refractivity contribution in [1.82, 2.24) is 19.1 Å². The second-order valence-corrected chi connectivity index (χ2v) is 8.08. The van der Waals surface area contributed by atoms with Gasteiger partial charge < -0.3 is 9.30 Å². The molecule has 0 aliphatic carbocycles. The van der Waals surface area contributed by atoms with Gasteiger partial charge in [-0.1, -0.05) is 34.1 Å². The SMILES string of the molecule is CCCCn1c(=O)[nH]c(=O)c2c1nc(-c1ccc(OCCC(C)C)cc1)n2CCC. The first-order chi connectivity index (χ1) is 14.5. The van der Waals surface area contributed by atoms with Gasteiger partial charge in [-0.2, -0.15) is 0 Å². The third-order valence-electron chi connectivity index (χ3n) is 5.14. The van der Waals surface area contributed by atoms with Crippen LogP contribution in [-0.2, 0) is 13.1 Å². The smallest absolute Gasteiger partial charge is 0.330 e. The van der Waals surface area contributed by atoms with Gasteiger partial charge in [0.05, 0.1) is 6.61 Å². The minimum Gasteiger partial charge on any atom is -0.494 e. The maximum atomic E-state index is 12.6. The van der Waals surface area contributed by atoms with Crippen molar-refractivity contribution in [3.63, 3.8) is 0 Å². The first kappa shape index (κ1) is 21.9. The first-order valence-electron chi connectivity index (χ1n) is 10.9. The van der Waals surface area contributed by atoms with Crippen molar-refractivity contribution in [2.45, 2.75) is 66.5 Å². The van der Waals surface area contributed by atoms with E-state index in [9.17, 15) is 9.59 Å². The van der Waals surface area contributed by atoms with Crippen molar-refractivity contribution in [2.75, 3.05) is 6.61 Å². The van der Waals surface area contributed by atoms with Crippen LogP contribution in [0.4, 0.5) is 0 Å². The van der Waals surface area contributed by atoms with Gasteiger partial charge in [0.25, 0.3) is 5.56 Å². The highest BCUT2D eigenvalue weighted by atomic mass is 16.5. The topological polar surface area (TPSA) is 81.9 Å². The highest BCUT2D eigenvalue weighted by Crippen LogP contribution is 2.25. The molecule has 3 aromatic rings. The second kappa shape index (κ2) is 9.78. The molecule has 30 heavy (non-hydrogen) atoms. The summed E-state index contributed by atoms with van der Waals surface area (Å²) in [6.07, 6.45) is 3.65. The van der Waals surface area contributed by atoms with Crippen molar-refractivity contribution < 1.29 is 4.74 Å². The van der Waals surface area contributed by atoms with Crippen LogP contribution in [0, 0.1) is 5.92 Å². The number of unbranched alkanes of at least 4 members (excludes halogenated alkanes) is 1. The van der Waals surface area contributed by atoms with E-state index in [2.05, 4.69) is 32.7 Å². The summed E-state index contributed by atoms with van der Waals surface area (Å²) in [4.78, 5) is 32.3. The zero-order valence-electron chi connectivity index (χ0n) is 18.4.